The van der Waals surface area contributed by atoms with Crippen molar-refractivity contribution >= 4 is 17.5 Å². The summed E-state index contributed by atoms with van der Waals surface area (Å²) in [7, 11) is 0. The van der Waals surface area contributed by atoms with Gasteiger partial charge in [0.2, 0.25) is 5.91 Å². The third kappa shape index (κ3) is 5.12. The minimum absolute atomic E-state index is 0.125. The van der Waals surface area contributed by atoms with Crippen molar-refractivity contribution in [1.29, 1.82) is 0 Å². The Labute approximate surface area is 147 Å². The number of aliphatic hydroxyl groups is 1. The lowest BCUT2D eigenvalue weighted by atomic mass is 10.1. The Morgan fingerprint density at radius 3 is 2.64 bits per heavy atom. The van der Waals surface area contributed by atoms with Crippen molar-refractivity contribution < 1.29 is 14.7 Å². The molecule has 2 rings (SSSR count). The zero-order chi connectivity index (χ0) is 18.2. The molecule has 0 bridgehead atoms. The predicted molar refractivity (Wildman–Crippen MR) is 96.0 cm³/mol. The summed E-state index contributed by atoms with van der Waals surface area (Å²) >= 11 is 0. The molecular formula is C19H23N3O3. The monoisotopic (exact) mass is 341 g/mol. The van der Waals surface area contributed by atoms with Gasteiger partial charge in [0, 0.05) is 24.4 Å². The van der Waals surface area contributed by atoms with Crippen LogP contribution in [-0.2, 0) is 11.3 Å². The van der Waals surface area contributed by atoms with E-state index >= 15 is 0 Å². The molecule has 0 saturated carbocycles. The molecule has 0 aliphatic rings. The molecule has 0 spiro atoms. The highest BCUT2D eigenvalue weighted by atomic mass is 16.3. The van der Waals surface area contributed by atoms with E-state index in [1.807, 2.05) is 25.1 Å². The molecule has 2 N–H and O–H groups in total. The number of amides is 2. The molecule has 0 saturated heterocycles. The normalized spacial score (nSPS) is 11.6. The van der Waals surface area contributed by atoms with Gasteiger partial charge in [0.1, 0.15) is 0 Å². The van der Waals surface area contributed by atoms with Gasteiger partial charge in [-0.25, -0.2) is 0 Å². The average Bonchev–Trinajstić information content (AvgIpc) is 2.62. The van der Waals surface area contributed by atoms with Crippen molar-refractivity contribution in [3.63, 3.8) is 0 Å². The number of benzene rings is 1. The summed E-state index contributed by atoms with van der Waals surface area (Å²) in [5, 5.41) is 12.3. The molecule has 1 atom stereocenters. The van der Waals surface area contributed by atoms with Gasteiger partial charge in [-0.2, -0.15) is 0 Å². The molecule has 1 aromatic heterocycles. The zero-order valence-electron chi connectivity index (χ0n) is 14.5. The number of nitrogens with zero attached hydrogens (tertiary/aromatic N) is 2. The van der Waals surface area contributed by atoms with Crippen molar-refractivity contribution in [3.05, 3.63) is 59.9 Å². The molecular weight excluding hydrogens is 318 g/mol. The summed E-state index contributed by atoms with van der Waals surface area (Å²) in [6.45, 7) is 3.53. The molecule has 0 radical (unpaired) electrons. The largest absolute Gasteiger partial charge is 0.394 e. The number of rotatable bonds is 7. The minimum Gasteiger partial charge on any atom is -0.394 e. The molecule has 2 aromatic rings. The molecule has 0 fully saturated rings. The Kier molecular flexibility index (Phi) is 6.65. The van der Waals surface area contributed by atoms with Crippen molar-refractivity contribution in [3.8, 4) is 0 Å². The van der Waals surface area contributed by atoms with Crippen LogP contribution in [0.3, 0.4) is 0 Å². The Bertz CT molecular complexity index is 715. The van der Waals surface area contributed by atoms with Crippen LogP contribution in [0.4, 0.5) is 5.69 Å². The fraction of sp³-hybridized carbons (Fsp3) is 0.316. The van der Waals surface area contributed by atoms with Crippen molar-refractivity contribution in [2.24, 2.45) is 0 Å². The first-order chi connectivity index (χ1) is 12.0. The van der Waals surface area contributed by atoms with Gasteiger partial charge in [-0.3, -0.25) is 14.6 Å². The number of pyridine rings is 1. The van der Waals surface area contributed by atoms with Gasteiger partial charge in [0.05, 0.1) is 24.9 Å². The van der Waals surface area contributed by atoms with Crippen molar-refractivity contribution in [2.45, 2.75) is 32.9 Å². The third-order valence-electron chi connectivity index (χ3n) is 3.87. The minimum atomic E-state index is -0.307. The topological polar surface area (TPSA) is 82.5 Å². The van der Waals surface area contributed by atoms with Crippen LogP contribution in [-0.4, -0.2) is 39.5 Å². The van der Waals surface area contributed by atoms with E-state index in [9.17, 15) is 14.7 Å². The number of hydrogen-bond acceptors (Lipinski definition) is 4. The summed E-state index contributed by atoms with van der Waals surface area (Å²) in [4.78, 5) is 30.1. The Morgan fingerprint density at radius 1 is 1.24 bits per heavy atom. The number of hydrogen-bond donors (Lipinski definition) is 2. The summed E-state index contributed by atoms with van der Waals surface area (Å²) in [6.07, 6.45) is 2.30. The van der Waals surface area contributed by atoms with Gasteiger partial charge in [-0.05, 0) is 36.8 Å². The lowest BCUT2D eigenvalue weighted by molar-refractivity contribution is -0.114. The summed E-state index contributed by atoms with van der Waals surface area (Å²) in [5.74, 6) is -0.407. The van der Waals surface area contributed by atoms with Crippen LogP contribution in [0.5, 0.6) is 0 Å². The highest BCUT2D eigenvalue weighted by Crippen LogP contribution is 2.17. The van der Waals surface area contributed by atoms with Gasteiger partial charge in [-0.15, -0.1) is 0 Å². The molecule has 6 nitrogen and oxygen atoms in total. The van der Waals surface area contributed by atoms with Crippen LogP contribution in [0, 0.1) is 0 Å². The number of anilines is 1. The summed E-state index contributed by atoms with van der Waals surface area (Å²) in [6, 6.07) is 12.0. The Balaban J connectivity index is 2.29. The van der Waals surface area contributed by atoms with Crippen LogP contribution < -0.4 is 5.32 Å². The lowest BCUT2D eigenvalue weighted by Crippen LogP contribution is -2.41. The summed E-state index contributed by atoms with van der Waals surface area (Å²) < 4.78 is 0. The second-order valence-electron chi connectivity index (χ2n) is 5.76. The average molecular weight is 341 g/mol. The Hall–Kier alpha value is -2.73. The lowest BCUT2D eigenvalue weighted by Gasteiger charge is -2.30. The van der Waals surface area contributed by atoms with Crippen LogP contribution in [0.1, 0.15) is 36.3 Å². The zero-order valence-corrected chi connectivity index (χ0v) is 14.5. The van der Waals surface area contributed by atoms with E-state index in [1.54, 1.807) is 35.4 Å². The Morgan fingerprint density at radius 2 is 2.04 bits per heavy atom. The van der Waals surface area contributed by atoms with Crippen LogP contribution in [0.15, 0.2) is 48.7 Å². The SMILES string of the molecule is CC[C@H](CO)N(Cc1ccccn1)C(=O)c1cccc(NC(C)=O)c1. The molecule has 6 heteroatoms. The predicted octanol–water partition coefficient (Wildman–Crippen LogP) is 2.45. The molecule has 1 aromatic carbocycles. The van der Waals surface area contributed by atoms with Gasteiger partial charge < -0.3 is 15.3 Å². The fourth-order valence-electron chi connectivity index (χ4n) is 2.58. The number of aliphatic hydroxyl groups excluding tert-OH is 1. The smallest absolute Gasteiger partial charge is 0.254 e. The molecule has 132 valence electrons. The molecule has 2 amide bonds. The number of nitrogens with one attached hydrogen (secondary N) is 1. The highest BCUT2D eigenvalue weighted by Gasteiger charge is 2.24. The maximum Gasteiger partial charge on any atom is 0.254 e. The second-order valence-corrected chi connectivity index (χ2v) is 5.76. The third-order valence-corrected chi connectivity index (χ3v) is 3.87. The van der Waals surface area contributed by atoms with Crippen molar-refractivity contribution in [2.75, 3.05) is 11.9 Å². The maximum atomic E-state index is 13.0. The molecule has 0 aliphatic carbocycles. The maximum absolute atomic E-state index is 13.0. The van der Waals surface area contributed by atoms with Gasteiger partial charge in [-0.1, -0.05) is 19.1 Å². The first-order valence-corrected chi connectivity index (χ1v) is 8.24. The number of carbonyl (C=O) groups excluding carboxylic acids is 2. The first-order valence-electron chi connectivity index (χ1n) is 8.24. The summed E-state index contributed by atoms with van der Waals surface area (Å²) in [5.41, 5.74) is 1.77. The van der Waals surface area contributed by atoms with Crippen LogP contribution >= 0.6 is 0 Å². The highest BCUT2D eigenvalue weighted by molar-refractivity contribution is 5.97. The second kappa shape index (κ2) is 8.94. The number of carbonyl (C=O) groups is 2. The van der Waals surface area contributed by atoms with Crippen LogP contribution in [0.25, 0.3) is 0 Å². The van der Waals surface area contributed by atoms with E-state index in [4.69, 9.17) is 0 Å². The van der Waals surface area contributed by atoms with Gasteiger partial charge in [0.15, 0.2) is 0 Å². The van der Waals surface area contributed by atoms with E-state index in [-0.39, 0.29) is 24.5 Å². The van der Waals surface area contributed by atoms with Crippen molar-refractivity contribution in [1.82, 2.24) is 9.88 Å². The molecule has 0 aliphatic heterocycles. The van der Waals surface area contributed by atoms with Gasteiger partial charge >= 0.3 is 0 Å². The number of aromatic nitrogens is 1. The van der Waals surface area contributed by atoms with E-state index < -0.39 is 0 Å². The van der Waals surface area contributed by atoms with Crippen LogP contribution in [0.2, 0.25) is 0 Å². The molecule has 25 heavy (non-hydrogen) atoms. The first kappa shape index (κ1) is 18.6. The van der Waals surface area contributed by atoms with E-state index in [1.165, 1.54) is 6.92 Å². The quantitative estimate of drug-likeness (QED) is 0.810. The fourth-order valence-corrected chi connectivity index (χ4v) is 2.58. The molecule has 1 heterocycles. The molecule has 0 unspecified atom stereocenters. The van der Waals surface area contributed by atoms with E-state index in [2.05, 4.69) is 10.3 Å². The van der Waals surface area contributed by atoms with E-state index in [0.29, 0.717) is 24.2 Å². The van der Waals surface area contributed by atoms with E-state index in [0.717, 1.165) is 5.69 Å². The standard InChI is InChI=1S/C19H23N3O3/c1-3-18(13-23)22(12-17-8-4-5-10-20-17)19(25)15-7-6-9-16(11-15)21-14(2)24/h4-11,18,23H,3,12-13H2,1-2H3,(H,21,24)/t18-/m1/s1. The van der Waals surface area contributed by atoms with Gasteiger partial charge in [0.25, 0.3) is 5.91 Å².